The summed E-state index contributed by atoms with van der Waals surface area (Å²) in [6, 6.07) is 29.8. The van der Waals surface area contributed by atoms with Crippen molar-refractivity contribution in [2.75, 3.05) is 5.32 Å². The summed E-state index contributed by atoms with van der Waals surface area (Å²) in [4.78, 5) is 6.50. The summed E-state index contributed by atoms with van der Waals surface area (Å²) in [5.41, 5.74) is 8.91. The Morgan fingerprint density at radius 1 is 0.469 bits per heavy atom. The van der Waals surface area contributed by atoms with Gasteiger partial charge >= 0.3 is 0 Å². The lowest BCUT2D eigenvalue weighted by Gasteiger charge is -2.23. The first-order chi connectivity index (χ1) is 15.8. The van der Waals surface area contributed by atoms with E-state index in [9.17, 15) is 0 Å². The molecule has 0 amide bonds. The van der Waals surface area contributed by atoms with Crippen LogP contribution in [0.1, 0.15) is 0 Å². The second-order valence-electron chi connectivity index (χ2n) is 8.21. The Kier molecular flexibility index (Phi) is 3.52. The number of anilines is 2. The first-order valence-electron chi connectivity index (χ1n) is 10.7. The average molecular weight is 413 g/mol. The van der Waals surface area contributed by atoms with Crippen molar-refractivity contribution >= 4 is 33.2 Å². The van der Waals surface area contributed by atoms with Gasteiger partial charge in [0.1, 0.15) is 0 Å². The van der Waals surface area contributed by atoms with Crippen LogP contribution in [0.4, 0.5) is 11.4 Å². The maximum atomic E-state index is 6.20. The fourth-order valence-corrected chi connectivity index (χ4v) is 4.52. The predicted octanol–water partition coefficient (Wildman–Crippen LogP) is 7.83. The molecule has 0 fully saturated rings. The Bertz CT molecular complexity index is 1520. The van der Waals surface area contributed by atoms with Crippen LogP contribution in [0.15, 0.2) is 97.3 Å². The molecule has 32 heavy (non-hydrogen) atoms. The summed E-state index contributed by atoms with van der Waals surface area (Å²) in [6.07, 6.45) is 3.94. The van der Waals surface area contributed by atoms with Gasteiger partial charge in [0.25, 0.3) is 0 Å². The molecule has 0 spiro atoms. The number of H-pyrrole nitrogens is 2. The molecule has 0 unspecified atom stereocenters. The molecule has 7 rings (SSSR count). The van der Waals surface area contributed by atoms with Crippen LogP contribution in [0, 0.1) is 0 Å². The van der Waals surface area contributed by atoms with Crippen molar-refractivity contribution in [3.05, 3.63) is 97.3 Å². The van der Waals surface area contributed by atoms with Crippen LogP contribution in [0.2, 0.25) is 0 Å². The number of nitrogens with one attached hydrogen (secondary N) is 3. The summed E-state index contributed by atoms with van der Waals surface area (Å²) < 4.78 is 6.20. The third-order valence-corrected chi connectivity index (χ3v) is 6.22. The predicted molar refractivity (Wildman–Crippen MR) is 131 cm³/mol. The SMILES string of the molecule is c1cc2cc(-c3ccc4c(c3)Nc3cc(-c5ccc6[nH]ccc6c5)ccc3O4)ccc2[nH]1. The Morgan fingerprint density at radius 3 is 1.47 bits per heavy atom. The van der Waals surface area contributed by atoms with Crippen molar-refractivity contribution < 1.29 is 4.74 Å². The lowest BCUT2D eigenvalue weighted by Crippen LogP contribution is -2.03. The van der Waals surface area contributed by atoms with Gasteiger partial charge in [-0.1, -0.05) is 24.3 Å². The van der Waals surface area contributed by atoms with E-state index in [4.69, 9.17) is 4.74 Å². The molecule has 0 saturated carbocycles. The highest BCUT2D eigenvalue weighted by molar-refractivity contribution is 5.89. The molecule has 6 aromatic rings. The molecular formula is C28H19N3O. The molecule has 2 aromatic heterocycles. The van der Waals surface area contributed by atoms with Crippen molar-refractivity contribution in [2.24, 2.45) is 0 Å². The molecule has 0 radical (unpaired) electrons. The largest absolute Gasteiger partial charge is 0.453 e. The van der Waals surface area contributed by atoms with Crippen LogP contribution < -0.4 is 10.1 Å². The van der Waals surface area contributed by atoms with Crippen LogP contribution in [-0.2, 0) is 0 Å². The van der Waals surface area contributed by atoms with E-state index in [2.05, 4.69) is 88.1 Å². The van der Waals surface area contributed by atoms with Gasteiger partial charge in [-0.2, -0.15) is 0 Å². The third kappa shape index (κ3) is 2.70. The summed E-state index contributed by atoms with van der Waals surface area (Å²) in [5.74, 6) is 1.68. The maximum absolute atomic E-state index is 6.20. The Morgan fingerprint density at radius 2 is 0.938 bits per heavy atom. The molecule has 4 heteroatoms. The van der Waals surface area contributed by atoms with Gasteiger partial charge in [-0.3, -0.25) is 0 Å². The van der Waals surface area contributed by atoms with Gasteiger partial charge in [0.15, 0.2) is 11.5 Å². The fourth-order valence-electron chi connectivity index (χ4n) is 4.52. The van der Waals surface area contributed by atoms with Gasteiger partial charge in [-0.15, -0.1) is 0 Å². The fraction of sp³-hybridized carbons (Fsp3) is 0. The van der Waals surface area contributed by atoms with Crippen LogP contribution in [0.3, 0.4) is 0 Å². The van der Waals surface area contributed by atoms with E-state index in [0.29, 0.717) is 0 Å². The van der Waals surface area contributed by atoms with Gasteiger partial charge in [0.2, 0.25) is 0 Å². The normalized spacial score (nSPS) is 12.2. The van der Waals surface area contributed by atoms with Gasteiger partial charge in [-0.25, -0.2) is 0 Å². The second-order valence-corrected chi connectivity index (χ2v) is 8.21. The molecule has 0 saturated heterocycles. The lowest BCUT2D eigenvalue weighted by molar-refractivity contribution is 0.481. The number of hydrogen-bond acceptors (Lipinski definition) is 2. The van der Waals surface area contributed by atoms with E-state index in [1.807, 2.05) is 24.5 Å². The smallest absolute Gasteiger partial charge is 0.151 e. The minimum absolute atomic E-state index is 0.838. The summed E-state index contributed by atoms with van der Waals surface area (Å²) in [7, 11) is 0. The van der Waals surface area contributed by atoms with Gasteiger partial charge in [0.05, 0.1) is 11.4 Å². The average Bonchev–Trinajstić information content (AvgIpc) is 3.50. The van der Waals surface area contributed by atoms with E-state index < -0.39 is 0 Å². The molecule has 0 aliphatic carbocycles. The Hall–Kier alpha value is -4.44. The highest BCUT2D eigenvalue weighted by atomic mass is 16.5. The number of benzene rings is 4. The number of aromatic amines is 2. The molecule has 1 aliphatic rings. The number of hydrogen-bond donors (Lipinski definition) is 3. The van der Waals surface area contributed by atoms with Crippen LogP contribution in [-0.4, -0.2) is 9.97 Å². The van der Waals surface area contributed by atoms with E-state index in [0.717, 1.165) is 45.0 Å². The zero-order chi connectivity index (χ0) is 21.1. The first kappa shape index (κ1) is 17.3. The molecule has 152 valence electrons. The number of rotatable bonds is 2. The standard InChI is InChI=1S/C28H19N3O/c1-5-23-21(9-11-29-23)13-17(1)19-3-7-27-25(15-19)31-26-16-20(4-8-28(26)32-27)18-2-6-24-22(14-18)10-12-30-24/h1-16,29-31H. The third-order valence-electron chi connectivity index (χ3n) is 6.22. The summed E-state index contributed by atoms with van der Waals surface area (Å²) in [6.45, 7) is 0. The molecule has 3 heterocycles. The van der Waals surface area contributed by atoms with Crippen molar-refractivity contribution in [2.45, 2.75) is 0 Å². The highest BCUT2D eigenvalue weighted by Crippen LogP contribution is 2.45. The maximum Gasteiger partial charge on any atom is 0.151 e. The lowest BCUT2D eigenvalue weighted by atomic mass is 10.0. The zero-order valence-corrected chi connectivity index (χ0v) is 17.1. The van der Waals surface area contributed by atoms with Crippen molar-refractivity contribution in [3.63, 3.8) is 0 Å². The molecule has 4 aromatic carbocycles. The molecule has 0 bridgehead atoms. The van der Waals surface area contributed by atoms with Crippen LogP contribution in [0.5, 0.6) is 11.5 Å². The van der Waals surface area contributed by atoms with Crippen LogP contribution in [0.25, 0.3) is 44.1 Å². The monoisotopic (exact) mass is 413 g/mol. The Balaban J connectivity index is 1.25. The second kappa shape index (κ2) is 6.53. The quantitative estimate of drug-likeness (QED) is 0.270. The number of fused-ring (bicyclic) bond motifs is 4. The number of aromatic nitrogens is 2. The van der Waals surface area contributed by atoms with Crippen LogP contribution >= 0.6 is 0 Å². The van der Waals surface area contributed by atoms with Gasteiger partial charge < -0.3 is 20.0 Å². The summed E-state index contributed by atoms with van der Waals surface area (Å²) >= 11 is 0. The van der Waals surface area contributed by atoms with E-state index >= 15 is 0 Å². The Labute approximate surface area is 184 Å². The van der Waals surface area contributed by atoms with E-state index in [-0.39, 0.29) is 0 Å². The number of ether oxygens (including phenoxy) is 1. The minimum atomic E-state index is 0.838. The van der Waals surface area contributed by atoms with Crippen molar-refractivity contribution in [1.29, 1.82) is 0 Å². The minimum Gasteiger partial charge on any atom is -0.453 e. The molecular weight excluding hydrogens is 394 g/mol. The summed E-state index contributed by atoms with van der Waals surface area (Å²) in [5, 5.41) is 6.00. The molecule has 3 N–H and O–H groups in total. The van der Waals surface area contributed by atoms with E-state index in [1.165, 1.54) is 21.9 Å². The molecule has 1 aliphatic heterocycles. The van der Waals surface area contributed by atoms with Gasteiger partial charge in [-0.05, 0) is 93.7 Å². The highest BCUT2D eigenvalue weighted by Gasteiger charge is 2.18. The zero-order valence-electron chi connectivity index (χ0n) is 17.1. The van der Waals surface area contributed by atoms with Crippen molar-refractivity contribution in [3.8, 4) is 33.8 Å². The molecule has 4 nitrogen and oxygen atoms in total. The molecule has 0 atom stereocenters. The van der Waals surface area contributed by atoms with E-state index in [1.54, 1.807) is 0 Å². The van der Waals surface area contributed by atoms with Gasteiger partial charge in [0, 0.05) is 23.4 Å². The van der Waals surface area contributed by atoms with Crippen molar-refractivity contribution in [1.82, 2.24) is 9.97 Å². The first-order valence-corrected chi connectivity index (χ1v) is 10.7. The topological polar surface area (TPSA) is 52.8 Å².